The van der Waals surface area contributed by atoms with Crippen molar-refractivity contribution in [3.05, 3.63) is 28.2 Å². The summed E-state index contributed by atoms with van der Waals surface area (Å²) in [6.07, 6.45) is 1.16. The van der Waals surface area contributed by atoms with E-state index in [-0.39, 0.29) is 0 Å². The summed E-state index contributed by atoms with van der Waals surface area (Å²) in [5.74, 6) is -2.50. The van der Waals surface area contributed by atoms with E-state index < -0.39 is 17.9 Å². The molecule has 0 spiro atoms. The van der Waals surface area contributed by atoms with Gasteiger partial charge in [-0.15, -0.1) is 0 Å². The second kappa shape index (κ2) is 16.4. The third-order valence-electron chi connectivity index (χ3n) is 1.45. The van der Waals surface area contributed by atoms with Crippen molar-refractivity contribution < 1.29 is 29.7 Å². The van der Waals surface area contributed by atoms with Crippen molar-refractivity contribution in [3.63, 3.8) is 0 Å². The Balaban J connectivity index is -0.000000253. The zero-order valence-corrected chi connectivity index (χ0v) is 18.4. The summed E-state index contributed by atoms with van der Waals surface area (Å²) in [5, 5.41) is 22.2. The molecule has 0 aliphatic heterocycles. The van der Waals surface area contributed by atoms with Crippen molar-refractivity contribution in [2.45, 2.75) is 34.1 Å². The minimum absolute atomic E-state index is 0.833. The van der Waals surface area contributed by atoms with Gasteiger partial charge < -0.3 is 15.3 Å². The first-order chi connectivity index (χ1) is 9.93. The van der Waals surface area contributed by atoms with Crippen LogP contribution >= 0.6 is 15.9 Å². The Kier molecular flexibility index (Phi) is 19.4. The van der Waals surface area contributed by atoms with Crippen LogP contribution in [-0.4, -0.2) is 59.0 Å². The van der Waals surface area contributed by atoms with Gasteiger partial charge in [-0.25, -0.2) is 0 Å². The molecule has 0 aliphatic rings. The number of benzene rings is 1. The van der Waals surface area contributed by atoms with Gasteiger partial charge in [0.25, 0.3) is 17.9 Å². The molecule has 0 atom stereocenters. The minimum atomic E-state index is -0.833. The molecule has 0 saturated carbocycles. The molecule has 0 amide bonds. The van der Waals surface area contributed by atoms with Gasteiger partial charge in [-0.2, -0.15) is 0 Å². The number of aryl methyl sites for hydroxylation is 1. The van der Waals surface area contributed by atoms with E-state index in [1.54, 1.807) is 0 Å². The number of hydrogen-bond acceptors (Lipinski definition) is 3. The molecule has 3 N–H and O–H groups in total. The molecule has 1 rings (SSSR count). The zero-order chi connectivity index (χ0) is 18.3. The van der Waals surface area contributed by atoms with Crippen LogP contribution in [0.1, 0.15) is 33.3 Å². The molecule has 0 bridgehead atoms. The zero-order valence-electron chi connectivity index (χ0n) is 12.9. The Hall–Kier alpha value is -0.968. The molecule has 0 unspecified atom stereocenters. The number of halogens is 1. The number of carbonyl (C=O) groups is 3. The van der Waals surface area contributed by atoms with E-state index in [1.165, 1.54) is 13.2 Å². The van der Waals surface area contributed by atoms with Gasteiger partial charge in [0.1, 0.15) is 0 Å². The van der Waals surface area contributed by atoms with Crippen molar-refractivity contribution in [1.29, 1.82) is 0 Å². The molecule has 22 heavy (non-hydrogen) atoms. The summed E-state index contributed by atoms with van der Waals surface area (Å²) in [6.45, 7) is 5.45. The van der Waals surface area contributed by atoms with E-state index in [4.69, 9.17) is 29.7 Å². The van der Waals surface area contributed by atoms with Crippen LogP contribution in [0.25, 0.3) is 0 Å². The Labute approximate surface area is 154 Å². The number of hydrogen-bond donors (Lipinski definition) is 3. The van der Waals surface area contributed by atoms with Crippen molar-refractivity contribution in [2.75, 3.05) is 0 Å². The van der Waals surface area contributed by atoms with Crippen LogP contribution in [0.2, 0.25) is 0 Å². The SMILES string of the molecule is CC(=O)O.CC(=O)O.CC(=O)O.CCc1ccc(Br)c[c]1[Pb]. The van der Waals surface area contributed by atoms with E-state index in [9.17, 15) is 0 Å². The summed E-state index contributed by atoms with van der Waals surface area (Å²) < 4.78 is 2.71. The summed E-state index contributed by atoms with van der Waals surface area (Å²) in [5.41, 5.74) is 1.50. The van der Waals surface area contributed by atoms with Gasteiger partial charge in [0.05, 0.1) is 0 Å². The Bertz CT molecular complexity index is 436. The second-order valence-electron chi connectivity index (χ2n) is 3.71. The quantitative estimate of drug-likeness (QED) is 0.446. The molecule has 0 aliphatic carbocycles. The fraction of sp³-hybridized carbons (Fsp3) is 0.357. The molecule has 8 heteroatoms. The van der Waals surface area contributed by atoms with Crippen LogP contribution < -0.4 is 3.12 Å². The topological polar surface area (TPSA) is 112 Å². The molecule has 6 nitrogen and oxygen atoms in total. The fourth-order valence-electron chi connectivity index (χ4n) is 0.857. The molecule has 0 heterocycles. The van der Waals surface area contributed by atoms with Gasteiger partial charge >= 0.3 is 86.4 Å². The van der Waals surface area contributed by atoms with E-state index in [0.29, 0.717) is 0 Å². The van der Waals surface area contributed by atoms with Gasteiger partial charge in [-0.05, 0) is 0 Å². The van der Waals surface area contributed by atoms with Crippen molar-refractivity contribution in [2.24, 2.45) is 0 Å². The molecule has 123 valence electrons. The summed E-state index contributed by atoms with van der Waals surface area (Å²) in [6, 6.07) is 6.53. The maximum absolute atomic E-state index is 9.00. The van der Waals surface area contributed by atoms with Crippen molar-refractivity contribution in [3.8, 4) is 0 Å². The van der Waals surface area contributed by atoms with Crippen molar-refractivity contribution in [1.82, 2.24) is 0 Å². The van der Waals surface area contributed by atoms with E-state index in [2.05, 4.69) is 41.1 Å². The average Bonchev–Trinajstić information content (AvgIpc) is 2.26. The molecule has 3 radical (unpaired) electrons. The maximum atomic E-state index is 9.00. The molecule has 1 aromatic rings. The third-order valence-corrected chi connectivity index (χ3v) is 3.76. The first-order valence-electron chi connectivity index (χ1n) is 6.02. The summed E-state index contributed by atoms with van der Waals surface area (Å²) >= 11 is 4.60. The molecular formula is C14H20BrO6Pb. The van der Waals surface area contributed by atoms with Gasteiger partial charge in [-0.3, -0.25) is 14.4 Å². The predicted molar refractivity (Wildman–Crippen MR) is 88.8 cm³/mol. The number of carboxylic acid groups (broad SMARTS) is 3. The van der Waals surface area contributed by atoms with Crippen LogP contribution in [-0.2, 0) is 20.8 Å². The van der Waals surface area contributed by atoms with Gasteiger partial charge in [0, 0.05) is 20.8 Å². The summed E-state index contributed by atoms with van der Waals surface area (Å²) in [7, 11) is 0. The first kappa shape index (κ1) is 26.0. The second-order valence-corrected chi connectivity index (χ2v) is 6.72. The van der Waals surface area contributed by atoms with Gasteiger partial charge in [0.15, 0.2) is 0 Å². The van der Waals surface area contributed by atoms with E-state index in [1.807, 2.05) is 0 Å². The number of rotatable bonds is 1. The number of aliphatic carboxylic acids is 3. The Morgan fingerprint density at radius 1 is 1.00 bits per heavy atom. The van der Waals surface area contributed by atoms with Gasteiger partial charge in [-0.1, -0.05) is 0 Å². The normalized spacial score (nSPS) is 7.91. The molecular weight excluding hydrogens is 551 g/mol. The standard InChI is InChI=1S/C8H8Br.3C2H4O2.Pb/c1-2-7-3-5-8(9)6-4-7;3*1-2(3)4;/h3,5-6H,2H2,1H3;3*1H3,(H,3,4);. The molecule has 0 fully saturated rings. The van der Waals surface area contributed by atoms with Crippen LogP contribution in [0.15, 0.2) is 22.7 Å². The van der Waals surface area contributed by atoms with Crippen LogP contribution in [0.4, 0.5) is 0 Å². The van der Waals surface area contributed by atoms with E-state index >= 15 is 0 Å². The average molecular weight is 571 g/mol. The van der Waals surface area contributed by atoms with Crippen molar-refractivity contribution >= 4 is 62.7 Å². The third kappa shape index (κ3) is 31.4. The Morgan fingerprint density at radius 3 is 1.55 bits per heavy atom. The summed E-state index contributed by atoms with van der Waals surface area (Å²) in [4.78, 5) is 27.0. The fourth-order valence-corrected chi connectivity index (χ4v) is 3.66. The molecule has 0 aromatic heterocycles. The van der Waals surface area contributed by atoms with Gasteiger partial charge in [0.2, 0.25) is 0 Å². The predicted octanol–water partition coefficient (Wildman–Crippen LogP) is 2.08. The monoisotopic (exact) mass is 571 g/mol. The number of carboxylic acids is 3. The van der Waals surface area contributed by atoms with E-state index in [0.717, 1.165) is 53.0 Å². The Morgan fingerprint density at radius 2 is 1.32 bits per heavy atom. The van der Waals surface area contributed by atoms with Crippen LogP contribution in [0.5, 0.6) is 0 Å². The molecule has 1 aromatic carbocycles. The van der Waals surface area contributed by atoms with Crippen LogP contribution in [0.3, 0.4) is 0 Å². The van der Waals surface area contributed by atoms with Crippen LogP contribution in [0, 0.1) is 0 Å². The first-order valence-corrected chi connectivity index (χ1v) is 8.76. The molecule has 0 saturated heterocycles.